The van der Waals surface area contributed by atoms with Crippen LogP contribution in [0.25, 0.3) is 21.9 Å². The number of anilines is 1. The van der Waals surface area contributed by atoms with Crippen LogP contribution < -0.4 is 10.5 Å². The second kappa shape index (κ2) is 7.67. The smallest absolute Gasteiger partial charge is 0.0438 e. The standard InChI is InChI=1S/C15H12N2S.C2H7N/c18-17-13-7-5-11(6-8-13)15-10-16-9-12-3-1-2-4-14(12)15;1-2-3/h1-10,17-18H;2-3H2,1H3. The minimum atomic E-state index is 0.750. The molecule has 1 heterocycles. The van der Waals surface area contributed by atoms with E-state index < -0.39 is 0 Å². The molecule has 0 saturated carbocycles. The topological polar surface area (TPSA) is 50.9 Å². The molecule has 0 unspecified atom stereocenters. The Labute approximate surface area is 130 Å². The van der Waals surface area contributed by atoms with Gasteiger partial charge in [-0.25, -0.2) is 0 Å². The van der Waals surface area contributed by atoms with Crippen molar-refractivity contribution in [2.45, 2.75) is 6.92 Å². The Morgan fingerprint density at radius 3 is 2.38 bits per heavy atom. The van der Waals surface area contributed by atoms with Crippen LogP contribution in [0.2, 0.25) is 0 Å². The zero-order valence-corrected chi connectivity index (χ0v) is 12.8. The number of aromatic nitrogens is 1. The summed E-state index contributed by atoms with van der Waals surface area (Å²) in [7, 11) is 0. The van der Waals surface area contributed by atoms with E-state index in [4.69, 9.17) is 5.73 Å². The van der Waals surface area contributed by atoms with Crippen molar-refractivity contribution in [3.05, 3.63) is 60.9 Å². The van der Waals surface area contributed by atoms with Crippen LogP contribution in [-0.2, 0) is 0 Å². The van der Waals surface area contributed by atoms with Gasteiger partial charge in [-0.1, -0.05) is 56.1 Å². The molecule has 0 aliphatic heterocycles. The second-order valence-corrected chi connectivity index (χ2v) is 4.73. The highest BCUT2D eigenvalue weighted by atomic mass is 32.1. The van der Waals surface area contributed by atoms with Crippen molar-refractivity contribution in [2.75, 3.05) is 11.3 Å². The van der Waals surface area contributed by atoms with Gasteiger partial charge in [0.05, 0.1) is 0 Å². The monoisotopic (exact) mass is 297 g/mol. The predicted octanol–water partition coefficient (Wildman–Crippen LogP) is 4.12. The largest absolute Gasteiger partial charge is 0.332 e. The zero-order valence-electron chi connectivity index (χ0n) is 12.0. The number of hydrogen-bond acceptors (Lipinski definition) is 4. The first-order valence-electron chi connectivity index (χ1n) is 6.83. The fourth-order valence-corrected chi connectivity index (χ4v) is 2.22. The number of pyridine rings is 1. The lowest BCUT2D eigenvalue weighted by Crippen LogP contribution is -1.87. The molecule has 0 atom stereocenters. The van der Waals surface area contributed by atoms with E-state index in [1.165, 1.54) is 5.39 Å². The molecule has 3 aromatic rings. The van der Waals surface area contributed by atoms with Crippen LogP contribution in [0, 0.1) is 0 Å². The molecule has 0 aliphatic rings. The Hall–Kier alpha value is -2.04. The zero-order chi connectivity index (χ0) is 15.1. The summed E-state index contributed by atoms with van der Waals surface area (Å²) in [4.78, 5) is 4.30. The Bertz CT molecular complexity index is 690. The molecule has 0 fully saturated rings. The number of nitrogens with two attached hydrogens (primary N) is 1. The van der Waals surface area contributed by atoms with Gasteiger partial charge in [0.25, 0.3) is 0 Å². The van der Waals surface area contributed by atoms with Crippen molar-refractivity contribution in [1.29, 1.82) is 0 Å². The van der Waals surface area contributed by atoms with Crippen molar-refractivity contribution >= 4 is 29.3 Å². The van der Waals surface area contributed by atoms with Crippen molar-refractivity contribution in [2.24, 2.45) is 5.73 Å². The summed E-state index contributed by atoms with van der Waals surface area (Å²) >= 11 is 4.03. The van der Waals surface area contributed by atoms with Gasteiger partial charge in [0.1, 0.15) is 0 Å². The van der Waals surface area contributed by atoms with Gasteiger partial charge < -0.3 is 10.5 Å². The number of benzene rings is 2. The third kappa shape index (κ3) is 3.74. The van der Waals surface area contributed by atoms with E-state index in [1.54, 1.807) is 0 Å². The third-order valence-corrected chi connectivity index (χ3v) is 3.25. The van der Waals surface area contributed by atoms with Gasteiger partial charge in [0.2, 0.25) is 0 Å². The molecule has 4 heteroatoms. The molecule has 0 radical (unpaired) electrons. The predicted molar refractivity (Wildman–Crippen MR) is 94.5 cm³/mol. The number of thiol groups is 1. The molecule has 0 saturated heterocycles. The summed E-state index contributed by atoms with van der Waals surface area (Å²) in [6, 6.07) is 16.4. The minimum absolute atomic E-state index is 0.750. The highest BCUT2D eigenvalue weighted by Gasteiger charge is 2.03. The van der Waals surface area contributed by atoms with Gasteiger partial charge in [-0.15, -0.1) is 0 Å². The maximum atomic E-state index is 4.85. The molecular weight excluding hydrogens is 278 g/mol. The van der Waals surface area contributed by atoms with Crippen LogP contribution in [0.15, 0.2) is 60.9 Å². The van der Waals surface area contributed by atoms with Crippen molar-refractivity contribution in [3.8, 4) is 11.1 Å². The van der Waals surface area contributed by atoms with Gasteiger partial charge in [0, 0.05) is 29.0 Å². The van der Waals surface area contributed by atoms with E-state index in [2.05, 4.69) is 52.9 Å². The van der Waals surface area contributed by atoms with Crippen LogP contribution in [0.1, 0.15) is 6.92 Å². The lowest BCUT2D eigenvalue weighted by molar-refractivity contribution is 1.14. The quantitative estimate of drug-likeness (QED) is 0.624. The number of fused-ring (bicyclic) bond motifs is 1. The number of nitrogens with zero attached hydrogens (tertiary/aromatic N) is 1. The minimum Gasteiger partial charge on any atom is -0.332 e. The molecule has 3 rings (SSSR count). The average Bonchev–Trinajstić information content (AvgIpc) is 2.55. The van der Waals surface area contributed by atoms with Crippen LogP contribution in [0.3, 0.4) is 0 Å². The molecule has 0 spiro atoms. The van der Waals surface area contributed by atoms with E-state index in [9.17, 15) is 0 Å². The van der Waals surface area contributed by atoms with E-state index in [0.717, 1.165) is 28.7 Å². The summed E-state index contributed by atoms with van der Waals surface area (Å²) in [5, 5.41) is 2.38. The fraction of sp³-hybridized carbons (Fsp3) is 0.118. The van der Waals surface area contributed by atoms with Crippen molar-refractivity contribution in [1.82, 2.24) is 4.98 Å². The van der Waals surface area contributed by atoms with E-state index in [1.807, 2.05) is 37.5 Å². The molecule has 108 valence electrons. The van der Waals surface area contributed by atoms with E-state index in [-0.39, 0.29) is 0 Å². The van der Waals surface area contributed by atoms with Gasteiger partial charge in [0.15, 0.2) is 0 Å². The normalized spacial score (nSPS) is 9.86. The first kappa shape index (κ1) is 15.4. The molecule has 3 nitrogen and oxygen atoms in total. The van der Waals surface area contributed by atoms with Crippen LogP contribution in [0.5, 0.6) is 0 Å². The SMILES string of the molecule is CCN.SNc1ccc(-c2cncc3ccccc23)cc1. The number of rotatable bonds is 2. The molecular formula is C17H19N3S. The molecule has 0 amide bonds. The molecule has 0 bridgehead atoms. The van der Waals surface area contributed by atoms with Gasteiger partial charge in [-0.3, -0.25) is 4.98 Å². The third-order valence-electron chi connectivity index (χ3n) is 2.99. The maximum Gasteiger partial charge on any atom is 0.0438 e. The van der Waals surface area contributed by atoms with Gasteiger partial charge in [-0.05, 0) is 29.6 Å². The lowest BCUT2D eigenvalue weighted by atomic mass is 10.0. The summed E-state index contributed by atoms with van der Waals surface area (Å²) in [5.74, 6) is 0. The highest BCUT2D eigenvalue weighted by molar-refractivity contribution is 7.81. The van der Waals surface area contributed by atoms with Gasteiger partial charge in [-0.2, -0.15) is 0 Å². The Morgan fingerprint density at radius 2 is 1.71 bits per heavy atom. The van der Waals surface area contributed by atoms with Crippen LogP contribution in [-0.4, -0.2) is 11.5 Å². The summed E-state index contributed by atoms with van der Waals surface area (Å²) in [5.41, 5.74) is 8.14. The summed E-state index contributed by atoms with van der Waals surface area (Å²) in [6.07, 6.45) is 3.80. The molecule has 0 aliphatic carbocycles. The Morgan fingerprint density at radius 1 is 1.05 bits per heavy atom. The maximum absolute atomic E-state index is 4.85. The Balaban J connectivity index is 0.000000497. The molecule has 1 aromatic heterocycles. The first-order valence-corrected chi connectivity index (χ1v) is 7.28. The van der Waals surface area contributed by atoms with Crippen LogP contribution in [0.4, 0.5) is 5.69 Å². The average molecular weight is 297 g/mol. The highest BCUT2D eigenvalue weighted by Crippen LogP contribution is 2.28. The van der Waals surface area contributed by atoms with Crippen molar-refractivity contribution in [3.63, 3.8) is 0 Å². The summed E-state index contributed by atoms with van der Waals surface area (Å²) in [6.45, 7) is 2.65. The number of hydrogen-bond donors (Lipinski definition) is 3. The second-order valence-electron chi connectivity index (χ2n) is 4.51. The Kier molecular flexibility index (Phi) is 5.60. The molecule has 3 N–H and O–H groups in total. The van der Waals surface area contributed by atoms with Crippen LogP contribution >= 0.6 is 12.8 Å². The van der Waals surface area contributed by atoms with E-state index in [0.29, 0.717) is 0 Å². The van der Waals surface area contributed by atoms with Gasteiger partial charge >= 0.3 is 0 Å². The fourth-order valence-electron chi connectivity index (χ4n) is 2.07. The molecule has 21 heavy (non-hydrogen) atoms. The first-order chi connectivity index (χ1) is 10.3. The lowest BCUT2D eigenvalue weighted by Gasteiger charge is -2.07. The summed E-state index contributed by atoms with van der Waals surface area (Å²) < 4.78 is 2.82. The molecule has 2 aromatic carbocycles. The number of nitrogens with one attached hydrogen (secondary N) is 1. The van der Waals surface area contributed by atoms with Crippen molar-refractivity contribution < 1.29 is 0 Å². The van der Waals surface area contributed by atoms with E-state index >= 15 is 0 Å².